The molecule has 0 spiro atoms. The van der Waals surface area contributed by atoms with Crippen LogP contribution in [0.4, 0.5) is 0 Å². The Morgan fingerprint density at radius 1 is 1.17 bits per heavy atom. The van der Waals surface area contributed by atoms with E-state index in [1.54, 1.807) is 12.1 Å². The van der Waals surface area contributed by atoms with Crippen molar-refractivity contribution in [3.05, 3.63) is 28.2 Å². The second-order valence-electron chi connectivity index (χ2n) is 4.58. The van der Waals surface area contributed by atoms with Crippen LogP contribution in [0, 0.1) is 17.2 Å². The summed E-state index contributed by atoms with van der Waals surface area (Å²) >= 11 is 12.1. The van der Waals surface area contributed by atoms with Crippen molar-refractivity contribution in [1.82, 2.24) is 0 Å². The van der Waals surface area contributed by atoms with Crippen molar-refractivity contribution in [1.29, 1.82) is 5.26 Å². The summed E-state index contributed by atoms with van der Waals surface area (Å²) in [4.78, 5) is 0. The second-order valence-corrected chi connectivity index (χ2v) is 5.37. The maximum atomic E-state index is 9.20. The second kappa shape index (κ2) is 6.31. The summed E-state index contributed by atoms with van der Waals surface area (Å²) in [6, 6.07) is 7.68. The third-order valence-corrected chi connectivity index (χ3v) is 4.11. The summed E-state index contributed by atoms with van der Waals surface area (Å²) in [5.74, 6) is 0.527. The first-order valence-electron chi connectivity index (χ1n) is 6.22. The van der Waals surface area contributed by atoms with Crippen LogP contribution in [0.25, 0.3) is 0 Å². The van der Waals surface area contributed by atoms with E-state index >= 15 is 0 Å². The summed E-state index contributed by atoms with van der Waals surface area (Å²) in [5.41, 5.74) is 0. The van der Waals surface area contributed by atoms with Crippen LogP contribution in [-0.2, 0) is 0 Å². The zero-order valence-corrected chi connectivity index (χ0v) is 11.5. The Bertz CT molecular complexity index is 456. The molecule has 0 N–H and O–H groups in total. The molecule has 0 saturated heterocycles. The Morgan fingerprint density at radius 3 is 2.72 bits per heavy atom. The molecule has 1 aliphatic rings. The Hall–Kier alpha value is -0.910. The van der Waals surface area contributed by atoms with E-state index in [2.05, 4.69) is 6.07 Å². The van der Waals surface area contributed by atoms with Gasteiger partial charge in [0.2, 0.25) is 0 Å². The van der Waals surface area contributed by atoms with Gasteiger partial charge >= 0.3 is 0 Å². The van der Waals surface area contributed by atoms with Crippen LogP contribution in [0.5, 0.6) is 5.75 Å². The average Bonchev–Trinajstić information content (AvgIpc) is 2.60. The van der Waals surface area contributed by atoms with Gasteiger partial charge in [0.25, 0.3) is 0 Å². The maximum Gasteiger partial charge on any atom is 0.139 e. The van der Waals surface area contributed by atoms with Gasteiger partial charge in [0.05, 0.1) is 17.0 Å². The molecule has 0 aromatic heterocycles. The Balaban J connectivity index is 2.16. The van der Waals surface area contributed by atoms with Gasteiger partial charge < -0.3 is 4.74 Å². The van der Waals surface area contributed by atoms with E-state index in [9.17, 15) is 5.26 Å². The third kappa shape index (κ3) is 3.10. The van der Waals surface area contributed by atoms with E-state index in [1.807, 2.05) is 6.07 Å². The molecule has 2 nitrogen and oxygen atoms in total. The van der Waals surface area contributed by atoms with Crippen molar-refractivity contribution < 1.29 is 4.74 Å². The van der Waals surface area contributed by atoms with Gasteiger partial charge in [-0.25, -0.2) is 0 Å². The van der Waals surface area contributed by atoms with Gasteiger partial charge in [-0.05, 0) is 31.4 Å². The first kappa shape index (κ1) is 13.5. The van der Waals surface area contributed by atoms with Crippen molar-refractivity contribution in [2.75, 3.05) is 0 Å². The minimum absolute atomic E-state index is 0.0532. The number of hydrogen-bond donors (Lipinski definition) is 0. The standard InChI is InChI=1S/C14H15Cl2NO/c15-11-6-4-8-13(14(11)16)18-12-7-3-1-2-5-10(12)9-17/h4,6,8,10,12H,1-3,5,7H2. The van der Waals surface area contributed by atoms with Gasteiger partial charge in [0.1, 0.15) is 16.9 Å². The molecule has 1 aliphatic carbocycles. The smallest absolute Gasteiger partial charge is 0.139 e. The molecule has 0 bridgehead atoms. The van der Waals surface area contributed by atoms with E-state index in [0.29, 0.717) is 15.8 Å². The third-order valence-electron chi connectivity index (χ3n) is 3.31. The van der Waals surface area contributed by atoms with Crippen LogP contribution in [0.15, 0.2) is 18.2 Å². The first-order valence-corrected chi connectivity index (χ1v) is 6.98. The number of rotatable bonds is 2. The van der Waals surface area contributed by atoms with Gasteiger partial charge in [0.15, 0.2) is 0 Å². The van der Waals surface area contributed by atoms with Crippen LogP contribution in [0.3, 0.4) is 0 Å². The number of benzene rings is 1. The molecular weight excluding hydrogens is 269 g/mol. The molecule has 1 saturated carbocycles. The van der Waals surface area contributed by atoms with Crippen molar-refractivity contribution in [3.8, 4) is 11.8 Å². The molecule has 2 unspecified atom stereocenters. The maximum absolute atomic E-state index is 9.20. The summed E-state index contributed by atoms with van der Waals surface area (Å²) < 4.78 is 5.91. The lowest BCUT2D eigenvalue weighted by atomic mass is 9.99. The largest absolute Gasteiger partial charge is 0.487 e. The first-order chi connectivity index (χ1) is 8.72. The lowest BCUT2D eigenvalue weighted by molar-refractivity contribution is 0.152. The molecule has 2 atom stereocenters. The number of nitrogens with zero attached hydrogens (tertiary/aromatic N) is 1. The van der Waals surface area contributed by atoms with Crippen LogP contribution in [0.2, 0.25) is 10.0 Å². The van der Waals surface area contributed by atoms with Gasteiger partial charge in [-0.3, -0.25) is 0 Å². The van der Waals surface area contributed by atoms with Gasteiger partial charge in [-0.2, -0.15) is 5.26 Å². The fourth-order valence-electron chi connectivity index (χ4n) is 2.30. The van der Waals surface area contributed by atoms with E-state index in [0.717, 1.165) is 25.7 Å². The lowest BCUT2D eigenvalue weighted by Crippen LogP contribution is -2.25. The zero-order chi connectivity index (χ0) is 13.0. The predicted octanol–water partition coefficient (Wildman–Crippen LogP) is 4.84. The molecule has 1 aromatic rings. The minimum atomic E-state index is -0.0755. The van der Waals surface area contributed by atoms with E-state index in [1.165, 1.54) is 6.42 Å². The number of halogens is 2. The molecule has 0 heterocycles. The molecule has 18 heavy (non-hydrogen) atoms. The van der Waals surface area contributed by atoms with Gasteiger partial charge in [0, 0.05) is 0 Å². The summed E-state index contributed by atoms with van der Waals surface area (Å²) in [7, 11) is 0. The van der Waals surface area contributed by atoms with Crippen molar-refractivity contribution >= 4 is 23.2 Å². The molecule has 0 radical (unpaired) electrons. The van der Waals surface area contributed by atoms with Crippen LogP contribution >= 0.6 is 23.2 Å². The summed E-state index contributed by atoms with van der Waals surface area (Å²) in [5, 5.41) is 10.1. The fourth-order valence-corrected chi connectivity index (χ4v) is 2.64. The van der Waals surface area contributed by atoms with Crippen LogP contribution < -0.4 is 4.74 Å². The zero-order valence-electron chi connectivity index (χ0n) is 10.0. The highest BCUT2D eigenvalue weighted by molar-refractivity contribution is 6.42. The normalized spacial score (nSPS) is 24.1. The minimum Gasteiger partial charge on any atom is -0.487 e. The fraction of sp³-hybridized carbons (Fsp3) is 0.500. The Kier molecular flexibility index (Phi) is 4.74. The highest BCUT2D eigenvalue weighted by Gasteiger charge is 2.26. The average molecular weight is 284 g/mol. The molecule has 1 aromatic carbocycles. The molecule has 0 amide bonds. The highest BCUT2D eigenvalue weighted by Crippen LogP contribution is 2.35. The Labute approximate surface area is 117 Å². The lowest BCUT2D eigenvalue weighted by Gasteiger charge is -2.22. The molecule has 4 heteroatoms. The summed E-state index contributed by atoms with van der Waals surface area (Å²) in [6.45, 7) is 0. The Morgan fingerprint density at radius 2 is 1.94 bits per heavy atom. The van der Waals surface area contributed by atoms with Gasteiger partial charge in [-0.15, -0.1) is 0 Å². The van der Waals surface area contributed by atoms with Crippen molar-refractivity contribution in [3.63, 3.8) is 0 Å². The molecule has 2 rings (SSSR count). The molecular formula is C14H15Cl2NO. The number of ether oxygens (including phenoxy) is 1. The molecule has 96 valence electrons. The quantitative estimate of drug-likeness (QED) is 0.728. The van der Waals surface area contributed by atoms with Gasteiger partial charge in [-0.1, -0.05) is 42.1 Å². The highest BCUT2D eigenvalue weighted by atomic mass is 35.5. The number of hydrogen-bond acceptors (Lipinski definition) is 2. The number of nitriles is 1. The summed E-state index contributed by atoms with van der Waals surface area (Å²) in [6.07, 6.45) is 5.10. The van der Waals surface area contributed by atoms with E-state index in [4.69, 9.17) is 27.9 Å². The van der Waals surface area contributed by atoms with Crippen molar-refractivity contribution in [2.45, 2.75) is 38.2 Å². The SMILES string of the molecule is N#CC1CCCCCC1Oc1cccc(Cl)c1Cl. The molecule has 0 aliphatic heterocycles. The monoisotopic (exact) mass is 283 g/mol. The van der Waals surface area contributed by atoms with Crippen LogP contribution in [-0.4, -0.2) is 6.10 Å². The van der Waals surface area contributed by atoms with E-state index < -0.39 is 0 Å². The van der Waals surface area contributed by atoms with Crippen LogP contribution in [0.1, 0.15) is 32.1 Å². The topological polar surface area (TPSA) is 33.0 Å². The molecule has 1 fully saturated rings. The predicted molar refractivity (Wildman–Crippen MR) is 73.1 cm³/mol. The van der Waals surface area contributed by atoms with Crippen molar-refractivity contribution in [2.24, 2.45) is 5.92 Å². The van der Waals surface area contributed by atoms with E-state index in [-0.39, 0.29) is 12.0 Å².